The average Bonchev–Trinajstić information content (AvgIpc) is 3.13. The van der Waals surface area contributed by atoms with Gasteiger partial charge in [0.1, 0.15) is 18.0 Å². The van der Waals surface area contributed by atoms with Gasteiger partial charge < -0.3 is 4.90 Å². The Morgan fingerprint density at radius 1 is 1.19 bits per heavy atom. The first-order chi connectivity index (χ1) is 14.8. The molecule has 0 saturated heterocycles. The third-order valence-electron chi connectivity index (χ3n) is 7.81. The topological polar surface area (TPSA) is 93.7 Å². The van der Waals surface area contributed by atoms with E-state index < -0.39 is 10.8 Å². The summed E-state index contributed by atoms with van der Waals surface area (Å²) < 4.78 is 13.9. The van der Waals surface area contributed by atoms with E-state index in [1.807, 2.05) is 24.0 Å². The summed E-state index contributed by atoms with van der Waals surface area (Å²) in [5, 5.41) is 18.9. The third kappa shape index (κ3) is 2.32. The fourth-order valence-corrected chi connectivity index (χ4v) is 6.12. The second-order valence-electron chi connectivity index (χ2n) is 9.43. The predicted octanol–water partition coefficient (Wildman–Crippen LogP) is 3.88. The number of nitrogens with zero attached hydrogens (tertiary/aromatic N) is 5. The van der Waals surface area contributed by atoms with Crippen molar-refractivity contribution in [3.05, 3.63) is 52.4 Å². The summed E-state index contributed by atoms with van der Waals surface area (Å²) in [6.45, 7) is 6.13. The number of rotatable bonds is 1. The van der Waals surface area contributed by atoms with Crippen LogP contribution in [0, 0.1) is 33.9 Å². The summed E-state index contributed by atoms with van der Waals surface area (Å²) >= 11 is 0. The van der Waals surface area contributed by atoms with Crippen LogP contribution in [0.15, 0.2) is 18.2 Å². The summed E-state index contributed by atoms with van der Waals surface area (Å²) in [7, 11) is 0. The minimum absolute atomic E-state index is 0.00780. The molecule has 31 heavy (non-hydrogen) atoms. The highest BCUT2D eigenvalue weighted by atomic mass is 19.1. The van der Waals surface area contributed by atoms with Gasteiger partial charge in [0.2, 0.25) is 5.91 Å². The van der Waals surface area contributed by atoms with E-state index in [9.17, 15) is 19.7 Å². The first-order valence-electron chi connectivity index (χ1n) is 10.6. The maximum atomic E-state index is 14.4. The van der Waals surface area contributed by atoms with Gasteiger partial charge in [-0.1, -0.05) is 13.8 Å². The molecule has 6 nitrogen and oxygen atoms in total. The van der Waals surface area contributed by atoms with Gasteiger partial charge in [0.05, 0.1) is 16.8 Å². The molecule has 7 heteroatoms. The minimum atomic E-state index is -0.934. The second kappa shape index (κ2) is 6.34. The molecule has 0 N–H and O–H groups in total. The number of fused-ring (bicyclic) bond motifs is 6. The van der Waals surface area contributed by atoms with Gasteiger partial charge in [-0.15, -0.1) is 0 Å². The summed E-state index contributed by atoms with van der Waals surface area (Å²) in [5.41, 5.74) is 1.36. The predicted molar refractivity (Wildman–Crippen MR) is 111 cm³/mol. The number of benzene rings is 1. The van der Waals surface area contributed by atoms with Crippen LogP contribution in [0.5, 0.6) is 0 Å². The third-order valence-corrected chi connectivity index (χ3v) is 7.81. The summed E-state index contributed by atoms with van der Waals surface area (Å²) in [6, 6.07) is 8.49. The second-order valence-corrected chi connectivity index (χ2v) is 9.43. The highest BCUT2D eigenvalue weighted by molar-refractivity contribution is 6.04. The van der Waals surface area contributed by atoms with E-state index in [-0.39, 0.29) is 35.1 Å². The molecule has 1 aliphatic heterocycles. The fraction of sp³-hybridized carbons (Fsp3) is 0.458. The molecular weight excluding hydrogens is 393 g/mol. The van der Waals surface area contributed by atoms with E-state index in [1.165, 1.54) is 12.1 Å². The Kier molecular flexibility index (Phi) is 4.02. The van der Waals surface area contributed by atoms with Crippen molar-refractivity contribution in [1.29, 1.82) is 10.5 Å². The molecule has 3 atom stereocenters. The molecule has 0 radical (unpaired) electrons. The number of aryl methyl sites for hydroxylation is 1. The Morgan fingerprint density at radius 3 is 2.61 bits per heavy atom. The molecule has 1 fully saturated rings. The van der Waals surface area contributed by atoms with Crippen LogP contribution in [0.25, 0.3) is 0 Å². The van der Waals surface area contributed by atoms with E-state index >= 15 is 0 Å². The molecule has 0 spiro atoms. The van der Waals surface area contributed by atoms with E-state index in [2.05, 4.69) is 23.8 Å². The van der Waals surface area contributed by atoms with Crippen LogP contribution in [-0.4, -0.2) is 21.9 Å². The molecule has 2 aromatic rings. The van der Waals surface area contributed by atoms with Crippen molar-refractivity contribution in [2.24, 2.45) is 5.41 Å². The van der Waals surface area contributed by atoms with Gasteiger partial charge in [-0.05, 0) is 61.8 Å². The molecular formula is C24H22FN5O. The zero-order valence-electron chi connectivity index (χ0n) is 17.7. The highest BCUT2D eigenvalue weighted by Gasteiger charge is 2.69. The van der Waals surface area contributed by atoms with Crippen molar-refractivity contribution in [3.8, 4) is 12.1 Å². The quantitative estimate of drug-likeness (QED) is 0.704. The molecule has 2 heterocycles. The maximum Gasteiger partial charge on any atom is 0.240 e. The summed E-state index contributed by atoms with van der Waals surface area (Å²) in [4.78, 5) is 25.2. The lowest BCUT2D eigenvalue weighted by atomic mass is 9.67. The van der Waals surface area contributed by atoms with Crippen LogP contribution in [-0.2, 0) is 16.6 Å². The van der Waals surface area contributed by atoms with Crippen molar-refractivity contribution in [2.45, 2.75) is 63.8 Å². The lowest BCUT2D eigenvalue weighted by Crippen LogP contribution is -2.55. The largest absolute Gasteiger partial charge is 0.309 e. The molecule has 1 amide bonds. The molecule has 2 bridgehead atoms. The normalized spacial score (nSPS) is 27.2. The molecule has 1 saturated carbocycles. The van der Waals surface area contributed by atoms with E-state index in [0.717, 1.165) is 30.5 Å². The number of anilines is 1. The van der Waals surface area contributed by atoms with Crippen molar-refractivity contribution in [3.63, 3.8) is 0 Å². The first-order valence-corrected chi connectivity index (χ1v) is 10.6. The van der Waals surface area contributed by atoms with Crippen LogP contribution in [0.3, 0.4) is 0 Å². The maximum absolute atomic E-state index is 14.4. The molecule has 0 unspecified atom stereocenters. The Hall–Kier alpha value is -3.32. The van der Waals surface area contributed by atoms with Crippen LogP contribution in [0.4, 0.5) is 10.1 Å². The molecule has 2 aliphatic carbocycles. The Labute approximate surface area is 180 Å². The van der Waals surface area contributed by atoms with Gasteiger partial charge in [-0.3, -0.25) is 4.79 Å². The Balaban J connectivity index is 1.72. The number of amides is 1. The lowest BCUT2D eigenvalue weighted by Gasteiger charge is -2.44. The number of carbonyl (C=O) groups excluding carboxylic acids is 1. The van der Waals surface area contributed by atoms with Gasteiger partial charge in [-0.25, -0.2) is 14.4 Å². The summed E-state index contributed by atoms with van der Waals surface area (Å²) in [6.07, 6.45) is 2.85. The molecule has 1 aromatic heterocycles. The van der Waals surface area contributed by atoms with Crippen molar-refractivity contribution in [2.75, 3.05) is 4.90 Å². The number of halogens is 1. The number of hydrogen-bond donors (Lipinski definition) is 0. The summed E-state index contributed by atoms with van der Waals surface area (Å²) in [5.74, 6) is -0.381. The standard InChI is InChI=1S/C24H22FN5O/c1-13-4-5-14-10-15(25)6-7-19(14)30(13)22(31)24-9-8-16(23(24,2)3)20-21(24)29-18(12-27)17(11-26)28-20/h6-7,10,13,16H,4-5,8-9H2,1-3H3/t13-,16-,24-/m1/s1. The Morgan fingerprint density at radius 2 is 1.90 bits per heavy atom. The van der Waals surface area contributed by atoms with Gasteiger partial charge in [0.15, 0.2) is 11.4 Å². The molecule has 3 aliphatic rings. The van der Waals surface area contributed by atoms with Gasteiger partial charge in [-0.2, -0.15) is 10.5 Å². The lowest BCUT2D eigenvalue weighted by molar-refractivity contribution is -0.127. The minimum Gasteiger partial charge on any atom is -0.309 e. The zero-order valence-corrected chi connectivity index (χ0v) is 17.7. The van der Waals surface area contributed by atoms with E-state index in [4.69, 9.17) is 0 Å². The van der Waals surface area contributed by atoms with Crippen LogP contribution >= 0.6 is 0 Å². The SMILES string of the molecule is C[C@@H]1CCc2cc(F)ccc2N1C(=O)[C@@]12CC[C@H](c3nc(C#N)c(C#N)nc31)C2(C)C. The van der Waals surface area contributed by atoms with E-state index in [0.29, 0.717) is 17.8 Å². The smallest absolute Gasteiger partial charge is 0.240 e. The number of nitriles is 2. The number of hydrogen-bond acceptors (Lipinski definition) is 5. The van der Waals surface area contributed by atoms with Gasteiger partial charge in [0.25, 0.3) is 0 Å². The first kappa shape index (κ1) is 19.6. The number of carbonyl (C=O) groups is 1. The van der Waals surface area contributed by atoms with Crippen LogP contribution in [0.1, 0.15) is 74.3 Å². The van der Waals surface area contributed by atoms with Crippen LogP contribution in [0.2, 0.25) is 0 Å². The molecule has 5 rings (SSSR count). The average molecular weight is 415 g/mol. The van der Waals surface area contributed by atoms with Crippen molar-refractivity contribution in [1.82, 2.24) is 9.97 Å². The molecule has 156 valence electrons. The van der Waals surface area contributed by atoms with Crippen molar-refractivity contribution < 1.29 is 9.18 Å². The number of aromatic nitrogens is 2. The molecule has 1 aromatic carbocycles. The van der Waals surface area contributed by atoms with E-state index in [1.54, 1.807) is 6.07 Å². The zero-order chi connectivity index (χ0) is 22.1. The van der Waals surface area contributed by atoms with Crippen molar-refractivity contribution >= 4 is 11.6 Å². The van der Waals surface area contributed by atoms with Crippen LogP contribution < -0.4 is 4.90 Å². The Bertz CT molecular complexity index is 1220. The van der Waals surface area contributed by atoms with Gasteiger partial charge in [0, 0.05) is 17.6 Å². The monoisotopic (exact) mass is 415 g/mol. The highest BCUT2D eigenvalue weighted by Crippen LogP contribution is 2.67. The van der Waals surface area contributed by atoms with Gasteiger partial charge >= 0.3 is 0 Å². The fourth-order valence-electron chi connectivity index (χ4n) is 6.12.